The Bertz CT molecular complexity index is 902. The van der Waals surface area contributed by atoms with Crippen molar-refractivity contribution in [2.75, 3.05) is 26.2 Å². The molecular weight excluding hydrogens is 368 g/mol. The standard InChI is InChI=1S/C21H28N6O2/c1-15-18(21(29)26-8-4-3-5-9-26)12-22-19(24-15)16-7-6-10-27(14-16)20(28)17-11-23-25(2)13-17/h11-13,16H,3-10,14H2,1-2H3/t16-/m0/s1. The first-order valence-electron chi connectivity index (χ1n) is 10.4. The van der Waals surface area contributed by atoms with Gasteiger partial charge >= 0.3 is 0 Å². The normalized spacial score (nSPS) is 20.0. The first-order chi connectivity index (χ1) is 14.0. The van der Waals surface area contributed by atoms with E-state index in [4.69, 9.17) is 0 Å². The Balaban J connectivity index is 1.47. The number of carbonyl (C=O) groups is 2. The lowest BCUT2D eigenvalue weighted by molar-refractivity contribution is 0.0704. The summed E-state index contributed by atoms with van der Waals surface area (Å²) in [6.07, 6.45) is 10.2. The van der Waals surface area contributed by atoms with Crippen molar-refractivity contribution in [3.8, 4) is 0 Å². The zero-order valence-corrected chi connectivity index (χ0v) is 17.2. The van der Waals surface area contributed by atoms with E-state index in [0.29, 0.717) is 17.7 Å². The van der Waals surface area contributed by atoms with Crippen LogP contribution in [0.4, 0.5) is 0 Å². The van der Waals surface area contributed by atoms with Gasteiger partial charge in [-0.2, -0.15) is 5.10 Å². The zero-order chi connectivity index (χ0) is 20.4. The first kappa shape index (κ1) is 19.5. The van der Waals surface area contributed by atoms with Gasteiger partial charge in [0.25, 0.3) is 11.8 Å². The Hall–Kier alpha value is -2.77. The lowest BCUT2D eigenvalue weighted by atomic mass is 9.96. The summed E-state index contributed by atoms with van der Waals surface area (Å²) < 4.78 is 1.64. The van der Waals surface area contributed by atoms with Gasteiger partial charge in [0.15, 0.2) is 0 Å². The highest BCUT2D eigenvalue weighted by Gasteiger charge is 2.29. The second kappa shape index (κ2) is 8.31. The zero-order valence-electron chi connectivity index (χ0n) is 17.2. The first-order valence-corrected chi connectivity index (χ1v) is 10.4. The number of rotatable bonds is 3. The molecule has 2 aliphatic rings. The number of nitrogens with zero attached hydrogens (tertiary/aromatic N) is 6. The van der Waals surface area contributed by atoms with E-state index >= 15 is 0 Å². The summed E-state index contributed by atoms with van der Waals surface area (Å²) >= 11 is 0. The maximum atomic E-state index is 12.8. The average molecular weight is 396 g/mol. The van der Waals surface area contributed by atoms with Crippen LogP contribution >= 0.6 is 0 Å². The fourth-order valence-electron chi connectivity index (χ4n) is 4.25. The van der Waals surface area contributed by atoms with Gasteiger partial charge in [-0.1, -0.05) is 0 Å². The average Bonchev–Trinajstić information content (AvgIpc) is 3.19. The Labute approximate surface area is 170 Å². The fourth-order valence-corrected chi connectivity index (χ4v) is 4.25. The van der Waals surface area contributed by atoms with Crippen molar-refractivity contribution in [3.63, 3.8) is 0 Å². The van der Waals surface area contributed by atoms with Crippen molar-refractivity contribution < 1.29 is 9.59 Å². The Kier molecular flexibility index (Phi) is 5.60. The Morgan fingerprint density at radius 1 is 1.00 bits per heavy atom. The molecule has 2 amide bonds. The molecule has 0 N–H and O–H groups in total. The molecule has 0 aliphatic carbocycles. The van der Waals surface area contributed by atoms with Gasteiger partial charge in [-0.3, -0.25) is 14.3 Å². The molecule has 0 bridgehead atoms. The highest BCUT2D eigenvalue weighted by Crippen LogP contribution is 2.26. The van der Waals surface area contributed by atoms with Gasteiger partial charge in [0.2, 0.25) is 0 Å². The van der Waals surface area contributed by atoms with E-state index in [0.717, 1.165) is 56.8 Å². The number of piperidine rings is 2. The molecule has 2 fully saturated rings. The SMILES string of the molecule is Cc1nc([C@H]2CCCN(C(=O)c3cnn(C)c3)C2)ncc1C(=O)N1CCCCC1. The smallest absolute Gasteiger partial charge is 0.257 e. The molecular formula is C21H28N6O2. The predicted octanol–water partition coefficient (Wildman–Crippen LogP) is 2.16. The van der Waals surface area contributed by atoms with Crippen molar-refractivity contribution in [1.29, 1.82) is 0 Å². The van der Waals surface area contributed by atoms with Crippen LogP contribution < -0.4 is 0 Å². The second-order valence-corrected chi connectivity index (χ2v) is 8.07. The molecule has 8 heteroatoms. The van der Waals surface area contributed by atoms with Crippen LogP contribution in [0.15, 0.2) is 18.6 Å². The van der Waals surface area contributed by atoms with E-state index in [1.807, 2.05) is 16.7 Å². The molecule has 0 radical (unpaired) electrons. The van der Waals surface area contributed by atoms with Crippen molar-refractivity contribution in [2.24, 2.45) is 7.05 Å². The number of amides is 2. The van der Waals surface area contributed by atoms with Gasteiger partial charge in [-0.15, -0.1) is 0 Å². The molecule has 0 aromatic carbocycles. The largest absolute Gasteiger partial charge is 0.339 e. The number of aryl methyl sites for hydroxylation is 2. The molecule has 154 valence electrons. The van der Waals surface area contributed by atoms with Crippen LogP contribution in [0.25, 0.3) is 0 Å². The lowest BCUT2D eigenvalue weighted by Crippen LogP contribution is -2.39. The summed E-state index contributed by atoms with van der Waals surface area (Å²) in [4.78, 5) is 38.5. The molecule has 29 heavy (non-hydrogen) atoms. The van der Waals surface area contributed by atoms with Crippen LogP contribution in [0.3, 0.4) is 0 Å². The summed E-state index contributed by atoms with van der Waals surface area (Å²) in [5.74, 6) is 0.839. The van der Waals surface area contributed by atoms with Gasteiger partial charge in [-0.05, 0) is 39.0 Å². The lowest BCUT2D eigenvalue weighted by Gasteiger charge is -2.32. The summed E-state index contributed by atoms with van der Waals surface area (Å²) in [5, 5.41) is 4.09. The van der Waals surface area contributed by atoms with Gasteiger partial charge in [-0.25, -0.2) is 9.97 Å². The van der Waals surface area contributed by atoms with E-state index in [1.54, 1.807) is 30.3 Å². The van der Waals surface area contributed by atoms with Gasteiger partial charge < -0.3 is 9.80 Å². The van der Waals surface area contributed by atoms with Crippen LogP contribution in [0, 0.1) is 6.92 Å². The maximum Gasteiger partial charge on any atom is 0.257 e. The third kappa shape index (κ3) is 4.16. The van der Waals surface area contributed by atoms with Gasteiger partial charge in [0.1, 0.15) is 5.82 Å². The molecule has 4 heterocycles. The number of hydrogen-bond acceptors (Lipinski definition) is 5. The Morgan fingerprint density at radius 3 is 2.45 bits per heavy atom. The number of hydrogen-bond donors (Lipinski definition) is 0. The third-order valence-corrected chi connectivity index (χ3v) is 5.90. The van der Waals surface area contributed by atoms with Crippen LogP contribution in [0.1, 0.15) is 70.3 Å². The molecule has 8 nitrogen and oxygen atoms in total. The molecule has 2 aromatic rings. The number of carbonyl (C=O) groups excluding carboxylic acids is 2. The molecule has 0 unspecified atom stereocenters. The minimum Gasteiger partial charge on any atom is -0.339 e. The molecule has 2 aliphatic heterocycles. The molecule has 2 saturated heterocycles. The number of aromatic nitrogens is 4. The van der Waals surface area contributed by atoms with E-state index in [1.165, 1.54) is 6.42 Å². The van der Waals surface area contributed by atoms with E-state index < -0.39 is 0 Å². The van der Waals surface area contributed by atoms with Gasteiger partial charge in [0.05, 0.1) is 23.0 Å². The van der Waals surface area contributed by atoms with Gasteiger partial charge in [0, 0.05) is 51.5 Å². The summed E-state index contributed by atoms with van der Waals surface area (Å²) in [6, 6.07) is 0. The molecule has 0 spiro atoms. The maximum absolute atomic E-state index is 12.8. The van der Waals surface area contributed by atoms with Crippen LogP contribution in [0.2, 0.25) is 0 Å². The molecule has 0 saturated carbocycles. The summed E-state index contributed by atoms with van der Waals surface area (Å²) in [7, 11) is 1.80. The van der Waals surface area contributed by atoms with E-state index in [9.17, 15) is 9.59 Å². The van der Waals surface area contributed by atoms with E-state index in [2.05, 4.69) is 15.1 Å². The monoisotopic (exact) mass is 396 g/mol. The minimum absolute atomic E-state index is 0.00332. The molecule has 1 atom stereocenters. The van der Waals surface area contributed by atoms with Crippen LogP contribution in [-0.2, 0) is 7.05 Å². The van der Waals surface area contributed by atoms with Crippen molar-refractivity contribution in [2.45, 2.75) is 44.9 Å². The predicted molar refractivity (Wildman–Crippen MR) is 108 cm³/mol. The number of likely N-dealkylation sites (tertiary alicyclic amines) is 2. The van der Waals surface area contributed by atoms with Crippen LogP contribution in [-0.4, -0.2) is 67.5 Å². The fraction of sp³-hybridized carbons (Fsp3) is 0.571. The van der Waals surface area contributed by atoms with Crippen molar-refractivity contribution in [1.82, 2.24) is 29.5 Å². The molecule has 4 rings (SSSR count). The summed E-state index contributed by atoms with van der Waals surface area (Å²) in [6.45, 7) is 4.83. The quantitative estimate of drug-likeness (QED) is 0.794. The third-order valence-electron chi connectivity index (χ3n) is 5.90. The highest BCUT2D eigenvalue weighted by molar-refractivity contribution is 5.95. The van der Waals surface area contributed by atoms with Crippen LogP contribution in [0.5, 0.6) is 0 Å². The highest BCUT2D eigenvalue weighted by atomic mass is 16.2. The minimum atomic E-state index is -0.00332. The van der Waals surface area contributed by atoms with Crippen molar-refractivity contribution in [3.05, 3.63) is 41.2 Å². The molecule has 2 aromatic heterocycles. The van der Waals surface area contributed by atoms with E-state index in [-0.39, 0.29) is 17.7 Å². The Morgan fingerprint density at radius 2 is 1.76 bits per heavy atom. The van der Waals surface area contributed by atoms with Crippen molar-refractivity contribution >= 4 is 11.8 Å². The second-order valence-electron chi connectivity index (χ2n) is 8.07. The topological polar surface area (TPSA) is 84.2 Å². The summed E-state index contributed by atoms with van der Waals surface area (Å²) in [5.41, 5.74) is 1.92.